The highest BCUT2D eigenvalue weighted by Gasteiger charge is 2.22. The Hall–Kier alpha value is -3.64. The Morgan fingerprint density at radius 1 is 1.03 bits per heavy atom. The van der Waals surface area contributed by atoms with Crippen LogP contribution in [0.5, 0.6) is 5.88 Å². The zero-order valence-corrected chi connectivity index (χ0v) is 18.9. The fourth-order valence-corrected chi connectivity index (χ4v) is 3.32. The molecular formula is C23H25N7OS. The van der Waals surface area contributed by atoms with Gasteiger partial charge in [-0.3, -0.25) is 9.97 Å². The lowest BCUT2D eigenvalue weighted by molar-refractivity contribution is 0.287. The monoisotopic (exact) mass is 447 g/mol. The fourth-order valence-electron chi connectivity index (χ4n) is 2.67. The summed E-state index contributed by atoms with van der Waals surface area (Å²) in [7, 11) is 0. The Kier molecular flexibility index (Phi) is 8.40. The fraction of sp³-hybridized carbons (Fsp3) is 0.304. The van der Waals surface area contributed by atoms with Crippen molar-refractivity contribution in [3.63, 3.8) is 0 Å². The summed E-state index contributed by atoms with van der Waals surface area (Å²) in [6, 6.07) is 9.50. The Morgan fingerprint density at radius 2 is 1.72 bits per heavy atom. The van der Waals surface area contributed by atoms with E-state index in [0.717, 1.165) is 33.5 Å². The number of nitrogens with one attached hydrogen (secondary N) is 1. The van der Waals surface area contributed by atoms with E-state index >= 15 is 0 Å². The lowest BCUT2D eigenvalue weighted by atomic mass is 10.3. The molecular weight excluding hydrogens is 422 g/mol. The van der Waals surface area contributed by atoms with Gasteiger partial charge in [-0.1, -0.05) is 11.3 Å². The lowest BCUT2D eigenvalue weighted by Crippen LogP contribution is -2.06. The van der Waals surface area contributed by atoms with Crippen molar-refractivity contribution in [2.75, 3.05) is 11.9 Å². The van der Waals surface area contributed by atoms with Crippen LogP contribution in [0, 0.1) is 32.6 Å². The van der Waals surface area contributed by atoms with Gasteiger partial charge in [0.1, 0.15) is 21.7 Å². The second-order valence-electron chi connectivity index (χ2n) is 7.01. The van der Waals surface area contributed by atoms with Gasteiger partial charge in [-0.05, 0) is 56.9 Å². The number of nitrogens with zero attached hydrogens (tertiary/aromatic N) is 6. The van der Waals surface area contributed by atoms with Crippen LogP contribution in [0.3, 0.4) is 0 Å². The predicted molar refractivity (Wildman–Crippen MR) is 126 cm³/mol. The number of aromatic nitrogens is 6. The third-order valence-corrected chi connectivity index (χ3v) is 5.18. The van der Waals surface area contributed by atoms with E-state index in [1.54, 1.807) is 23.7 Å². The van der Waals surface area contributed by atoms with Gasteiger partial charge in [0.25, 0.3) is 0 Å². The molecule has 0 radical (unpaired) electrons. The highest BCUT2D eigenvalue weighted by atomic mass is 32.1. The van der Waals surface area contributed by atoms with E-state index in [4.69, 9.17) is 4.74 Å². The van der Waals surface area contributed by atoms with Crippen LogP contribution in [0.1, 0.15) is 28.7 Å². The average Bonchev–Trinajstić information content (AvgIpc) is 3.57. The third-order valence-electron chi connectivity index (χ3n) is 4.34. The van der Waals surface area contributed by atoms with Gasteiger partial charge in [0.2, 0.25) is 5.88 Å². The number of aryl methyl sites for hydroxylation is 2. The van der Waals surface area contributed by atoms with Crippen LogP contribution in [0.4, 0.5) is 5.82 Å². The van der Waals surface area contributed by atoms with Crippen LogP contribution in [0.15, 0.2) is 42.7 Å². The molecule has 8 nitrogen and oxygen atoms in total. The van der Waals surface area contributed by atoms with Gasteiger partial charge < -0.3 is 10.1 Å². The van der Waals surface area contributed by atoms with Gasteiger partial charge in [-0.15, -0.1) is 23.0 Å². The molecule has 4 heterocycles. The predicted octanol–water partition coefficient (Wildman–Crippen LogP) is 4.23. The molecule has 1 saturated carbocycles. The first-order valence-electron chi connectivity index (χ1n) is 10.2. The zero-order chi connectivity index (χ0) is 22.8. The summed E-state index contributed by atoms with van der Waals surface area (Å²) in [5, 5.41) is 13.2. The summed E-state index contributed by atoms with van der Waals surface area (Å²) in [4.78, 5) is 16.9. The van der Waals surface area contributed by atoms with Crippen molar-refractivity contribution in [1.29, 1.82) is 0 Å². The molecule has 4 aromatic heterocycles. The van der Waals surface area contributed by atoms with Crippen molar-refractivity contribution < 1.29 is 4.74 Å². The standard InChI is InChI=1S/C13H17N5OS.C8H6N2.C2H2/c1-8-15-11(14-6-13-18-17-9(2)20-13)5-12(16-8)19-7-10-3-4-10;1-3-7-8(9-5-1)4-2-6-10-7;1-2/h5,10H,3-4,6-7H2,1-2H3,(H,14,15,16);1-6H;1-2H. The summed E-state index contributed by atoms with van der Waals surface area (Å²) in [6.45, 7) is 5.18. The van der Waals surface area contributed by atoms with E-state index in [2.05, 4.69) is 48.3 Å². The highest BCUT2D eigenvalue weighted by Crippen LogP contribution is 2.29. The van der Waals surface area contributed by atoms with Crippen molar-refractivity contribution in [2.24, 2.45) is 5.92 Å². The van der Waals surface area contributed by atoms with Gasteiger partial charge in [-0.25, -0.2) is 4.98 Å². The number of fused-ring (bicyclic) bond motifs is 1. The molecule has 0 spiro atoms. The zero-order valence-electron chi connectivity index (χ0n) is 18.1. The van der Waals surface area contributed by atoms with Crippen molar-refractivity contribution in [3.8, 4) is 18.7 Å². The minimum Gasteiger partial charge on any atom is -0.477 e. The van der Waals surface area contributed by atoms with Crippen molar-refractivity contribution >= 4 is 28.2 Å². The van der Waals surface area contributed by atoms with Gasteiger partial charge in [-0.2, -0.15) is 4.98 Å². The molecule has 164 valence electrons. The van der Waals surface area contributed by atoms with E-state index in [-0.39, 0.29) is 0 Å². The molecule has 0 atom stereocenters. The first-order valence-corrected chi connectivity index (χ1v) is 11.0. The number of ether oxygens (including phenoxy) is 1. The van der Waals surface area contributed by atoms with Gasteiger partial charge in [0.15, 0.2) is 0 Å². The largest absolute Gasteiger partial charge is 0.477 e. The summed E-state index contributed by atoms with van der Waals surface area (Å²) in [5.74, 6) is 2.82. The Labute approximate surface area is 191 Å². The molecule has 1 fully saturated rings. The van der Waals surface area contributed by atoms with E-state index in [9.17, 15) is 0 Å². The number of anilines is 1. The number of hydrogen-bond acceptors (Lipinski definition) is 9. The minimum absolute atomic E-state index is 0.615. The van der Waals surface area contributed by atoms with Crippen molar-refractivity contribution in [1.82, 2.24) is 30.1 Å². The first kappa shape index (κ1) is 23.0. The van der Waals surface area contributed by atoms with Crippen LogP contribution < -0.4 is 10.1 Å². The van der Waals surface area contributed by atoms with Crippen molar-refractivity contribution in [3.05, 3.63) is 58.6 Å². The molecule has 0 amide bonds. The van der Waals surface area contributed by atoms with Gasteiger partial charge in [0.05, 0.1) is 24.2 Å². The molecule has 4 aromatic rings. The molecule has 0 unspecified atom stereocenters. The molecule has 1 aliphatic rings. The van der Waals surface area contributed by atoms with Crippen LogP contribution in [0.25, 0.3) is 11.0 Å². The Morgan fingerprint density at radius 3 is 2.31 bits per heavy atom. The number of hydrogen-bond donors (Lipinski definition) is 1. The highest BCUT2D eigenvalue weighted by molar-refractivity contribution is 7.11. The Bertz CT molecular complexity index is 1090. The van der Waals surface area contributed by atoms with Crippen LogP contribution in [0.2, 0.25) is 0 Å². The second kappa shape index (κ2) is 11.7. The van der Waals surface area contributed by atoms with E-state index < -0.39 is 0 Å². The van der Waals surface area contributed by atoms with Gasteiger partial charge in [0, 0.05) is 18.5 Å². The normalized spacial score (nSPS) is 12.1. The molecule has 1 aliphatic carbocycles. The second-order valence-corrected chi connectivity index (χ2v) is 8.27. The van der Waals surface area contributed by atoms with Crippen LogP contribution in [-0.2, 0) is 6.54 Å². The molecule has 5 rings (SSSR count). The number of rotatable bonds is 6. The molecule has 0 aliphatic heterocycles. The van der Waals surface area contributed by atoms with Crippen LogP contribution >= 0.6 is 11.3 Å². The Balaban J connectivity index is 0.000000201. The summed E-state index contributed by atoms with van der Waals surface area (Å²) in [5.41, 5.74) is 1.90. The smallest absolute Gasteiger partial charge is 0.218 e. The topological polar surface area (TPSA) is 98.6 Å². The molecule has 1 N–H and O–H groups in total. The van der Waals surface area contributed by atoms with Crippen LogP contribution in [-0.4, -0.2) is 36.7 Å². The molecule has 9 heteroatoms. The molecule has 32 heavy (non-hydrogen) atoms. The minimum atomic E-state index is 0.615. The van der Waals surface area contributed by atoms with Gasteiger partial charge >= 0.3 is 0 Å². The van der Waals surface area contributed by atoms with E-state index in [1.807, 2.05) is 44.2 Å². The van der Waals surface area contributed by atoms with Crippen molar-refractivity contribution in [2.45, 2.75) is 33.2 Å². The maximum atomic E-state index is 5.69. The summed E-state index contributed by atoms with van der Waals surface area (Å²) < 4.78 is 5.69. The number of terminal acetylenes is 1. The maximum Gasteiger partial charge on any atom is 0.218 e. The third kappa shape index (κ3) is 7.25. The molecule has 0 aromatic carbocycles. The molecule has 0 saturated heterocycles. The maximum absolute atomic E-state index is 5.69. The number of pyridine rings is 2. The average molecular weight is 448 g/mol. The quantitative estimate of drug-likeness (QED) is 0.439. The molecule has 0 bridgehead atoms. The SMILES string of the molecule is C#C.Cc1nc(NCc2nnc(C)s2)cc(OCC2CC2)n1.c1cnc2cccnc2c1. The van der Waals surface area contributed by atoms with E-state index in [0.29, 0.717) is 24.2 Å². The first-order chi connectivity index (χ1) is 15.7. The lowest BCUT2D eigenvalue weighted by Gasteiger charge is -2.08. The summed E-state index contributed by atoms with van der Waals surface area (Å²) >= 11 is 1.58. The summed E-state index contributed by atoms with van der Waals surface area (Å²) in [6.07, 6.45) is 14.1. The van der Waals surface area contributed by atoms with E-state index in [1.165, 1.54) is 12.8 Å².